The van der Waals surface area contributed by atoms with Crippen molar-refractivity contribution in [3.8, 4) is 0 Å². The van der Waals surface area contributed by atoms with Crippen LogP contribution in [0, 0.1) is 5.92 Å². The standard InChI is InChI=1S/C20H40N2O3Si/c1-15(2)21-19(24)17(13-14-25-26(6,7)20(3,4)5)22-18(23)16-11-9-8-10-12-16/h15-17H,8-14H2,1-7H3,(H,21,24)(H,22,23). The minimum absolute atomic E-state index is 0.0286. The maximum atomic E-state index is 12.6. The number of amides is 2. The highest BCUT2D eigenvalue weighted by atomic mass is 28.4. The fourth-order valence-electron chi connectivity index (χ4n) is 2.96. The van der Waals surface area contributed by atoms with Crippen molar-refractivity contribution in [2.24, 2.45) is 5.92 Å². The lowest BCUT2D eigenvalue weighted by Gasteiger charge is -2.36. The highest BCUT2D eigenvalue weighted by Crippen LogP contribution is 2.36. The second kappa shape index (κ2) is 9.88. The number of rotatable bonds is 8. The lowest BCUT2D eigenvalue weighted by atomic mass is 9.88. The van der Waals surface area contributed by atoms with E-state index >= 15 is 0 Å². The van der Waals surface area contributed by atoms with Gasteiger partial charge in [0, 0.05) is 18.6 Å². The summed E-state index contributed by atoms with van der Waals surface area (Å²) in [6.07, 6.45) is 5.81. The SMILES string of the molecule is CC(C)NC(=O)C(CCO[Si](C)(C)C(C)(C)C)NC(=O)C1CCCCC1. The van der Waals surface area contributed by atoms with Gasteiger partial charge in [-0.25, -0.2) is 0 Å². The predicted molar refractivity (Wildman–Crippen MR) is 110 cm³/mol. The molecule has 26 heavy (non-hydrogen) atoms. The van der Waals surface area contributed by atoms with E-state index in [0.717, 1.165) is 25.7 Å². The van der Waals surface area contributed by atoms with E-state index < -0.39 is 14.4 Å². The first-order valence-corrected chi connectivity index (χ1v) is 13.1. The van der Waals surface area contributed by atoms with Gasteiger partial charge in [-0.1, -0.05) is 40.0 Å². The molecule has 1 fully saturated rings. The van der Waals surface area contributed by atoms with Gasteiger partial charge in [0.15, 0.2) is 8.32 Å². The third-order valence-corrected chi connectivity index (χ3v) is 10.3. The van der Waals surface area contributed by atoms with Gasteiger partial charge in [-0.2, -0.15) is 0 Å². The Morgan fingerprint density at radius 3 is 2.15 bits per heavy atom. The summed E-state index contributed by atoms with van der Waals surface area (Å²) < 4.78 is 6.21. The van der Waals surface area contributed by atoms with E-state index in [0.29, 0.717) is 13.0 Å². The van der Waals surface area contributed by atoms with Crippen LogP contribution in [0.2, 0.25) is 18.1 Å². The van der Waals surface area contributed by atoms with Gasteiger partial charge in [0.25, 0.3) is 0 Å². The monoisotopic (exact) mass is 384 g/mol. The molecule has 1 unspecified atom stereocenters. The summed E-state index contributed by atoms with van der Waals surface area (Å²) >= 11 is 0. The van der Waals surface area contributed by atoms with Crippen LogP contribution in [0.25, 0.3) is 0 Å². The van der Waals surface area contributed by atoms with E-state index in [1.54, 1.807) is 0 Å². The van der Waals surface area contributed by atoms with Crippen LogP contribution < -0.4 is 10.6 Å². The number of carbonyl (C=O) groups is 2. The lowest BCUT2D eigenvalue weighted by Crippen LogP contribution is -2.51. The molecule has 0 bridgehead atoms. The molecule has 0 aromatic heterocycles. The Balaban J connectivity index is 2.66. The van der Waals surface area contributed by atoms with Crippen molar-refractivity contribution < 1.29 is 14.0 Å². The first kappa shape index (κ1) is 23.2. The maximum Gasteiger partial charge on any atom is 0.242 e. The second-order valence-corrected chi connectivity index (χ2v) is 14.3. The molecule has 1 aliphatic rings. The summed E-state index contributed by atoms with van der Waals surface area (Å²) in [4.78, 5) is 25.1. The smallest absolute Gasteiger partial charge is 0.242 e. The predicted octanol–water partition coefficient (Wildman–Crippen LogP) is 3.99. The van der Waals surface area contributed by atoms with Crippen LogP contribution in [0.1, 0.15) is 73.1 Å². The zero-order valence-electron chi connectivity index (χ0n) is 17.9. The maximum absolute atomic E-state index is 12.6. The normalized spacial score (nSPS) is 17.8. The largest absolute Gasteiger partial charge is 0.417 e. The van der Waals surface area contributed by atoms with Crippen molar-refractivity contribution in [1.29, 1.82) is 0 Å². The molecule has 0 heterocycles. The molecule has 0 spiro atoms. The molecule has 2 N–H and O–H groups in total. The summed E-state index contributed by atoms with van der Waals surface area (Å²) in [7, 11) is -1.86. The van der Waals surface area contributed by atoms with E-state index in [-0.39, 0.29) is 28.8 Å². The number of hydrogen-bond donors (Lipinski definition) is 2. The van der Waals surface area contributed by atoms with Gasteiger partial charge < -0.3 is 15.1 Å². The highest BCUT2D eigenvalue weighted by molar-refractivity contribution is 6.74. The highest BCUT2D eigenvalue weighted by Gasteiger charge is 2.37. The summed E-state index contributed by atoms with van der Waals surface area (Å²) in [5.41, 5.74) is 0. The summed E-state index contributed by atoms with van der Waals surface area (Å²) in [6.45, 7) is 15.4. The molecule has 0 aromatic rings. The van der Waals surface area contributed by atoms with Crippen LogP contribution in [0.5, 0.6) is 0 Å². The third-order valence-electron chi connectivity index (χ3n) is 5.72. The van der Waals surface area contributed by atoms with Crippen molar-refractivity contribution in [2.45, 2.75) is 103 Å². The molecule has 152 valence electrons. The van der Waals surface area contributed by atoms with Crippen LogP contribution in [-0.2, 0) is 14.0 Å². The Morgan fingerprint density at radius 2 is 1.65 bits per heavy atom. The van der Waals surface area contributed by atoms with E-state index in [2.05, 4.69) is 44.5 Å². The molecule has 6 heteroatoms. The molecule has 1 atom stereocenters. The Bertz CT molecular complexity index is 466. The first-order valence-electron chi connectivity index (χ1n) is 10.2. The fourth-order valence-corrected chi connectivity index (χ4v) is 4.02. The molecular formula is C20H40N2O3Si. The van der Waals surface area contributed by atoms with Crippen molar-refractivity contribution in [3.05, 3.63) is 0 Å². The first-order chi connectivity index (χ1) is 11.9. The van der Waals surface area contributed by atoms with E-state index in [1.807, 2.05) is 13.8 Å². The summed E-state index contributed by atoms with van der Waals surface area (Å²) in [5.74, 6) is -0.0247. The van der Waals surface area contributed by atoms with Gasteiger partial charge in [0.2, 0.25) is 11.8 Å². The average Bonchev–Trinajstić information content (AvgIpc) is 2.52. The molecular weight excluding hydrogens is 344 g/mol. The van der Waals surface area contributed by atoms with Gasteiger partial charge >= 0.3 is 0 Å². The number of hydrogen-bond acceptors (Lipinski definition) is 3. The molecule has 5 nitrogen and oxygen atoms in total. The summed E-state index contributed by atoms with van der Waals surface area (Å²) in [6, 6.07) is -0.463. The lowest BCUT2D eigenvalue weighted by molar-refractivity contribution is -0.132. The van der Waals surface area contributed by atoms with Crippen molar-refractivity contribution in [3.63, 3.8) is 0 Å². The minimum Gasteiger partial charge on any atom is -0.417 e. The molecule has 1 aliphatic carbocycles. The van der Waals surface area contributed by atoms with Crippen LogP contribution in [0.15, 0.2) is 0 Å². The minimum atomic E-state index is -1.86. The van der Waals surface area contributed by atoms with Crippen molar-refractivity contribution in [1.82, 2.24) is 10.6 Å². The van der Waals surface area contributed by atoms with Crippen LogP contribution in [-0.4, -0.2) is 38.8 Å². The molecule has 1 saturated carbocycles. The van der Waals surface area contributed by atoms with Gasteiger partial charge in [0.1, 0.15) is 6.04 Å². The molecule has 0 aromatic carbocycles. The quantitative estimate of drug-likeness (QED) is 0.622. The number of carbonyl (C=O) groups excluding carboxylic acids is 2. The molecule has 1 rings (SSSR count). The Kier molecular flexibility index (Phi) is 8.80. The zero-order valence-corrected chi connectivity index (χ0v) is 18.9. The van der Waals surface area contributed by atoms with E-state index in [9.17, 15) is 9.59 Å². The molecule has 0 radical (unpaired) electrons. The van der Waals surface area contributed by atoms with Gasteiger partial charge in [-0.15, -0.1) is 0 Å². The van der Waals surface area contributed by atoms with E-state index in [4.69, 9.17) is 4.43 Å². The van der Waals surface area contributed by atoms with Gasteiger partial charge in [-0.05, 0) is 51.2 Å². The second-order valence-electron chi connectivity index (χ2n) is 9.46. The molecule has 0 aliphatic heterocycles. The fraction of sp³-hybridized carbons (Fsp3) is 0.900. The topological polar surface area (TPSA) is 67.4 Å². The Morgan fingerprint density at radius 1 is 1.08 bits per heavy atom. The molecule has 0 saturated heterocycles. The third kappa shape index (κ3) is 7.39. The van der Waals surface area contributed by atoms with Gasteiger partial charge in [-0.3, -0.25) is 9.59 Å². The van der Waals surface area contributed by atoms with Crippen molar-refractivity contribution >= 4 is 20.1 Å². The van der Waals surface area contributed by atoms with Gasteiger partial charge in [0.05, 0.1) is 0 Å². The Hall–Kier alpha value is -0.883. The van der Waals surface area contributed by atoms with E-state index in [1.165, 1.54) is 6.42 Å². The van der Waals surface area contributed by atoms with Crippen molar-refractivity contribution in [2.75, 3.05) is 6.61 Å². The van der Waals surface area contributed by atoms with Crippen LogP contribution in [0.4, 0.5) is 0 Å². The average molecular weight is 385 g/mol. The summed E-state index contributed by atoms with van der Waals surface area (Å²) in [5, 5.41) is 6.07. The number of nitrogens with one attached hydrogen (secondary N) is 2. The zero-order chi connectivity index (χ0) is 20.0. The van der Waals surface area contributed by atoms with Crippen LogP contribution in [0.3, 0.4) is 0 Å². The molecule has 2 amide bonds. The Labute approximate surface area is 161 Å². The van der Waals surface area contributed by atoms with Crippen LogP contribution >= 0.6 is 0 Å².